The van der Waals surface area contributed by atoms with E-state index in [0.29, 0.717) is 28.8 Å². The van der Waals surface area contributed by atoms with Crippen LogP contribution < -0.4 is 10.7 Å². The molecule has 3 aromatic heterocycles. The van der Waals surface area contributed by atoms with Crippen LogP contribution in [0.1, 0.15) is 26.4 Å². The molecule has 1 N–H and O–H groups in total. The fourth-order valence-electron chi connectivity index (χ4n) is 3.16. The van der Waals surface area contributed by atoms with Crippen molar-refractivity contribution in [2.24, 2.45) is 7.05 Å². The van der Waals surface area contributed by atoms with Crippen molar-refractivity contribution in [3.8, 4) is 0 Å². The number of aryl methyl sites for hydroxylation is 1. The molecule has 0 saturated heterocycles. The van der Waals surface area contributed by atoms with Crippen LogP contribution in [0, 0.1) is 5.82 Å². The Morgan fingerprint density at radius 1 is 1.14 bits per heavy atom. The maximum absolute atomic E-state index is 13.1. The lowest BCUT2D eigenvalue weighted by Crippen LogP contribution is -2.21. The van der Waals surface area contributed by atoms with Gasteiger partial charge in [0, 0.05) is 44.2 Å². The van der Waals surface area contributed by atoms with Crippen molar-refractivity contribution in [2.45, 2.75) is 13.0 Å². The smallest absolute Gasteiger partial charge is 0.261 e. The molecular formula is C22H18FN3O2S. The fraction of sp³-hybridized carbons (Fsp3) is 0.136. The van der Waals surface area contributed by atoms with Gasteiger partial charge in [-0.05, 0) is 41.5 Å². The van der Waals surface area contributed by atoms with E-state index in [1.165, 1.54) is 23.5 Å². The van der Waals surface area contributed by atoms with Gasteiger partial charge >= 0.3 is 0 Å². The van der Waals surface area contributed by atoms with Crippen LogP contribution in [0.4, 0.5) is 4.39 Å². The van der Waals surface area contributed by atoms with Crippen LogP contribution in [0.5, 0.6) is 0 Å². The molecule has 7 heteroatoms. The summed E-state index contributed by atoms with van der Waals surface area (Å²) in [7, 11) is 1.85. The summed E-state index contributed by atoms with van der Waals surface area (Å²) in [4.78, 5) is 30.7. The molecule has 0 bridgehead atoms. The number of fused-ring (bicyclic) bond motifs is 1. The molecule has 0 unspecified atom stereocenters. The number of nitrogens with zero attached hydrogens (tertiary/aromatic N) is 2. The second-order valence-electron chi connectivity index (χ2n) is 6.77. The Bertz CT molecular complexity index is 1230. The summed E-state index contributed by atoms with van der Waals surface area (Å²) in [6.45, 7) is 0.391. The van der Waals surface area contributed by atoms with Crippen LogP contribution in [-0.4, -0.2) is 15.5 Å². The van der Waals surface area contributed by atoms with E-state index in [0.717, 1.165) is 16.0 Å². The summed E-state index contributed by atoms with van der Waals surface area (Å²) in [5, 5.41) is 3.39. The number of benzene rings is 1. The van der Waals surface area contributed by atoms with E-state index >= 15 is 0 Å². The van der Waals surface area contributed by atoms with E-state index in [9.17, 15) is 14.0 Å². The topological polar surface area (TPSA) is 64.0 Å². The molecule has 1 aromatic carbocycles. The predicted octanol–water partition coefficient (Wildman–Crippen LogP) is 3.65. The lowest BCUT2D eigenvalue weighted by Gasteiger charge is -2.06. The number of hydrogen-bond acceptors (Lipinski definition) is 4. The second-order valence-corrected chi connectivity index (χ2v) is 7.80. The third-order valence-electron chi connectivity index (χ3n) is 4.65. The lowest BCUT2D eigenvalue weighted by atomic mass is 10.1. The van der Waals surface area contributed by atoms with Crippen LogP contribution in [0.2, 0.25) is 0 Å². The number of hydrogen-bond donors (Lipinski definition) is 1. The average Bonchev–Trinajstić information content (AvgIpc) is 3.19. The van der Waals surface area contributed by atoms with Crippen molar-refractivity contribution in [2.75, 3.05) is 0 Å². The van der Waals surface area contributed by atoms with Gasteiger partial charge in [0.2, 0.25) is 0 Å². The first-order chi connectivity index (χ1) is 14.0. The minimum atomic E-state index is -0.308. The third kappa shape index (κ3) is 4.09. The Labute approximate surface area is 170 Å². The SMILES string of the molecule is Cn1cc(Cc2ccc(F)cc2)c(=O)c2cc(C(=O)NCc3ccncc3)sc21. The summed E-state index contributed by atoms with van der Waals surface area (Å²) in [5.41, 5.74) is 2.31. The summed E-state index contributed by atoms with van der Waals surface area (Å²) >= 11 is 1.29. The van der Waals surface area contributed by atoms with Crippen LogP contribution in [0.15, 0.2) is 65.8 Å². The summed E-state index contributed by atoms with van der Waals surface area (Å²) < 4.78 is 15.0. The first-order valence-corrected chi connectivity index (χ1v) is 9.86. The summed E-state index contributed by atoms with van der Waals surface area (Å²) in [6, 6.07) is 11.4. The quantitative estimate of drug-likeness (QED) is 0.549. The van der Waals surface area contributed by atoms with Crippen molar-refractivity contribution < 1.29 is 9.18 Å². The Morgan fingerprint density at radius 2 is 1.86 bits per heavy atom. The fourth-order valence-corrected chi connectivity index (χ4v) is 4.17. The summed E-state index contributed by atoms with van der Waals surface area (Å²) in [6.07, 6.45) is 5.53. The Hall–Kier alpha value is -3.32. The molecular weight excluding hydrogens is 389 g/mol. The van der Waals surface area contributed by atoms with E-state index in [1.54, 1.807) is 36.8 Å². The van der Waals surface area contributed by atoms with Crippen LogP contribution in [0.3, 0.4) is 0 Å². The highest BCUT2D eigenvalue weighted by Crippen LogP contribution is 2.24. The van der Waals surface area contributed by atoms with Crippen LogP contribution in [0.25, 0.3) is 10.2 Å². The first-order valence-electron chi connectivity index (χ1n) is 9.05. The number of nitrogens with one attached hydrogen (secondary N) is 1. The van der Waals surface area contributed by atoms with Crippen LogP contribution in [-0.2, 0) is 20.0 Å². The molecule has 0 radical (unpaired) electrons. The molecule has 4 rings (SSSR count). The zero-order chi connectivity index (χ0) is 20.4. The molecule has 1 amide bonds. The van der Waals surface area contributed by atoms with Crippen molar-refractivity contribution in [3.63, 3.8) is 0 Å². The van der Waals surface area contributed by atoms with Gasteiger partial charge in [0.15, 0.2) is 5.43 Å². The minimum Gasteiger partial charge on any atom is -0.347 e. The second kappa shape index (κ2) is 7.97. The number of amides is 1. The van der Waals surface area contributed by atoms with Gasteiger partial charge in [-0.15, -0.1) is 11.3 Å². The van der Waals surface area contributed by atoms with Gasteiger partial charge < -0.3 is 9.88 Å². The molecule has 146 valence electrons. The lowest BCUT2D eigenvalue weighted by molar-refractivity contribution is 0.0955. The molecule has 0 aliphatic rings. The third-order valence-corrected chi connectivity index (χ3v) is 5.88. The maximum Gasteiger partial charge on any atom is 0.261 e. The van der Waals surface area contributed by atoms with Gasteiger partial charge in [0.05, 0.1) is 10.3 Å². The highest BCUT2D eigenvalue weighted by atomic mass is 32.1. The van der Waals surface area contributed by atoms with Crippen molar-refractivity contribution in [3.05, 3.63) is 98.7 Å². The van der Waals surface area contributed by atoms with Crippen molar-refractivity contribution in [1.29, 1.82) is 0 Å². The van der Waals surface area contributed by atoms with Crippen LogP contribution >= 0.6 is 11.3 Å². The van der Waals surface area contributed by atoms with E-state index in [-0.39, 0.29) is 17.2 Å². The maximum atomic E-state index is 13.1. The number of thiophene rings is 1. The first kappa shape index (κ1) is 19.0. The Balaban J connectivity index is 1.60. The molecule has 29 heavy (non-hydrogen) atoms. The summed E-state index contributed by atoms with van der Waals surface area (Å²) in [5.74, 6) is -0.528. The zero-order valence-corrected chi connectivity index (χ0v) is 16.5. The average molecular weight is 407 g/mol. The highest BCUT2D eigenvalue weighted by Gasteiger charge is 2.16. The predicted molar refractivity (Wildman–Crippen MR) is 112 cm³/mol. The zero-order valence-electron chi connectivity index (χ0n) is 15.7. The molecule has 0 spiro atoms. The van der Waals surface area contributed by atoms with Gasteiger partial charge in [-0.3, -0.25) is 14.6 Å². The van der Waals surface area contributed by atoms with Crippen molar-refractivity contribution in [1.82, 2.24) is 14.9 Å². The van der Waals surface area contributed by atoms with E-state index in [4.69, 9.17) is 0 Å². The van der Waals surface area contributed by atoms with Gasteiger partial charge in [0.1, 0.15) is 10.6 Å². The van der Waals surface area contributed by atoms with Gasteiger partial charge in [-0.25, -0.2) is 4.39 Å². The van der Waals surface area contributed by atoms with Gasteiger partial charge in [-0.2, -0.15) is 0 Å². The van der Waals surface area contributed by atoms with Gasteiger partial charge in [-0.1, -0.05) is 12.1 Å². The number of carbonyl (C=O) groups is 1. The molecule has 0 atom stereocenters. The highest BCUT2D eigenvalue weighted by molar-refractivity contribution is 7.20. The number of pyridine rings is 2. The Kier molecular flexibility index (Phi) is 5.22. The van der Waals surface area contributed by atoms with E-state index in [2.05, 4.69) is 10.3 Å². The van der Waals surface area contributed by atoms with E-state index in [1.807, 2.05) is 23.7 Å². The number of carbonyl (C=O) groups excluding carboxylic acids is 1. The molecule has 0 aliphatic carbocycles. The normalized spacial score (nSPS) is 11.0. The number of aromatic nitrogens is 2. The molecule has 4 aromatic rings. The van der Waals surface area contributed by atoms with Crippen molar-refractivity contribution >= 4 is 27.5 Å². The van der Waals surface area contributed by atoms with Gasteiger partial charge in [0.25, 0.3) is 5.91 Å². The minimum absolute atomic E-state index is 0.105. The Morgan fingerprint density at radius 3 is 2.59 bits per heavy atom. The monoisotopic (exact) mass is 407 g/mol. The largest absolute Gasteiger partial charge is 0.347 e. The molecule has 0 fully saturated rings. The number of halogens is 1. The molecule has 0 aliphatic heterocycles. The molecule has 3 heterocycles. The molecule has 5 nitrogen and oxygen atoms in total. The molecule has 0 saturated carbocycles. The van der Waals surface area contributed by atoms with E-state index < -0.39 is 0 Å². The standard InChI is InChI=1S/C22H18FN3O2S/c1-26-13-16(10-14-2-4-17(23)5-3-14)20(27)18-11-19(29-22(18)26)21(28)25-12-15-6-8-24-9-7-15/h2-9,11,13H,10,12H2,1H3,(H,25,28). The number of rotatable bonds is 5.